The molecule has 0 radical (unpaired) electrons. The van der Waals surface area contributed by atoms with Crippen LogP contribution in [0.4, 0.5) is 0 Å². The number of carbonyl (C=O) groups excluding carboxylic acids is 2. The third kappa shape index (κ3) is 3.58. The molecule has 39 heavy (non-hydrogen) atoms. The van der Waals surface area contributed by atoms with E-state index < -0.39 is 23.2 Å². The lowest BCUT2D eigenvalue weighted by molar-refractivity contribution is -0.241. The summed E-state index contributed by atoms with van der Waals surface area (Å²) in [5.74, 6) is -0.0434. The quantitative estimate of drug-likeness (QED) is 0.335. The van der Waals surface area contributed by atoms with Crippen LogP contribution in [-0.4, -0.2) is 47.1 Å². The fourth-order valence-electron chi connectivity index (χ4n) is 11.5. The summed E-state index contributed by atoms with van der Waals surface area (Å²) in [6.07, 6.45) is 7.94. The molecule has 0 aromatic rings. The number of allylic oxidation sites excluding steroid dienone is 1. The molecule has 5 aliphatic rings. The van der Waals surface area contributed by atoms with Gasteiger partial charge in [0.25, 0.3) is 0 Å². The van der Waals surface area contributed by atoms with Gasteiger partial charge in [-0.05, 0) is 97.7 Å². The third-order valence-corrected chi connectivity index (χ3v) is 13.9. The first-order valence-corrected chi connectivity index (χ1v) is 15.3. The molecule has 0 aromatic carbocycles. The summed E-state index contributed by atoms with van der Waals surface area (Å²) in [6, 6.07) is 0. The number of carbonyl (C=O) groups is 2. The lowest BCUT2D eigenvalue weighted by atomic mass is 9.33. The summed E-state index contributed by atoms with van der Waals surface area (Å²) in [5, 5.41) is 23.5. The van der Waals surface area contributed by atoms with Crippen molar-refractivity contribution in [3.05, 3.63) is 11.6 Å². The zero-order valence-corrected chi connectivity index (χ0v) is 25.7. The van der Waals surface area contributed by atoms with Gasteiger partial charge in [-0.15, -0.1) is 0 Å². The second kappa shape index (κ2) is 8.80. The van der Waals surface area contributed by atoms with Gasteiger partial charge in [-0.3, -0.25) is 9.59 Å². The van der Waals surface area contributed by atoms with Crippen LogP contribution in [0.2, 0.25) is 0 Å². The molecule has 11 atom stereocenters. The van der Waals surface area contributed by atoms with Gasteiger partial charge in [0.05, 0.1) is 24.2 Å². The SMILES string of the molecule is COC(=O)[C@]12CC[C@@H](C)[C@@](C)(O)[C@@H]1C1=CC[C@@H]3[C@@]4(C)C[C@@H](OC(C)=O)[C@H](O)C(C)(C)C4CC[C@@]3(C)[C@]1(C)CC2. The Hall–Kier alpha value is -1.40. The molecule has 4 saturated carbocycles. The average Bonchev–Trinajstić information content (AvgIpc) is 2.84. The highest BCUT2D eigenvalue weighted by Crippen LogP contribution is 2.76. The number of fused-ring (bicyclic) bond motifs is 7. The van der Waals surface area contributed by atoms with E-state index in [1.165, 1.54) is 19.6 Å². The number of hydrogen-bond donors (Lipinski definition) is 2. The molecule has 6 heteroatoms. The van der Waals surface area contributed by atoms with Gasteiger partial charge in [-0.25, -0.2) is 0 Å². The number of aliphatic hydroxyl groups excluding tert-OH is 1. The van der Waals surface area contributed by atoms with Crippen molar-refractivity contribution in [2.24, 2.45) is 50.7 Å². The Morgan fingerprint density at radius 2 is 1.64 bits per heavy atom. The van der Waals surface area contributed by atoms with Gasteiger partial charge in [0.15, 0.2) is 0 Å². The van der Waals surface area contributed by atoms with Crippen molar-refractivity contribution < 1.29 is 29.3 Å². The molecule has 0 saturated heterocycles. The van der Waals surface area contributed by atoms with Crippen molar-refractivity contribution in [3.63, 3.8) is 0 Å². The predicted octanol–water partition coefficient (Wildman–Crippen LogP) is 5.83. The molecule has 5 aliphatic carbocycles. The predicted molar refractivity (Wildman–Crippen MR) is 149 cm³/mol. The van der Waals surface area contributed by atoms with Crippen LogP contribution in [0.25, 0.3) is 0 Å². The second-order valence-corrected chi connectivity index (χ2v) is 15.7. The van der Waals surface area contributed by atoms with Crippen molar-refractivity contribution in [1.82, 2.24) is 0 Å². The maximum Gasteiger partial charge on any atom is 0.312 e. The van der Waals surface area contributed by atoms with Crippen LogP contribution in [0.1, 0.15) is 107 Å². The van der Waals surface area contributed by atoms with Gasteiger partial charge in [0.1, 0.15) is 6.10 Å². The first-order chi connectivity index (χ1) is 17.9. The Balaban J connectivity index is 1.63. The van der Waals surface area contributed by atoms with Crippen molar-refractivity contribution in [1.29, 1.82) is 0 Å². The molecule has 220 valence electrons. The second-order valence-electron chi connectivity index (χ2n) is 15.7. The van der Waals surface area contributed by atoms with Gasteiger partial charge < -0.3 is 19.7 Å². The first-order valence-electron chi connectivity index (χ1n) is 15.3. The Morgan fingerprint density at radius 1 is 0.974 bits per heavy atom. The lowest BCUT2D eigenvalue weighted by Gasteiger charge is -2.72. The largest absolute Gasteiger partial charge is 0.469 e. The number of hydrogen-bond acceptors (Lipinski definition) is 6. The molecule has 0 aromatic heterocycles. The van der Waals surface area contributed by atoms with Crippen LogP contribution in [0.3, 0.4) is 0 Å². The van der Waals surface area contributed by atoms with E-state index in [1.54, 1.807) is 0 Å². The monoisotopic (exact) mass is 544 g/mol. The number of aliphatic hydroxyl groups is 2. The number of rotatable bonds is 2. The van der Waals surface area contributed by atoms with E-state index in [0.29, 0.717) is 18.3 Å². The molecule has 0 bridgehead atoms. The van der Waals surface area contributed by atoms with Gasteiger partial charge >= 0.3 is 11.9 Å². The number of methoxy groups -OCH3 is 1. The summed E-state index contributed by atoms with van der Waals surface area (Å²) >= 11 is 0. The van der Waals surface area contributed by atoms with Gasteiger partial charge in [0.2, 0.25) is 0 Å². The summed E-state index contributed by atoms with van der Waals surface area (Å²) in [6.45, 7) is 17.0. The maximum atomic E-state index is 13.5. The van der Waals surface area contributed by atoms with E-state index in [0.717, 1.165) is 44.9 Å². The minimum Gasteiger partial charge on any atom is -0.469 e. The third-order valence-electron chi connectivity index (χ3n) is 13.9. The van der Waals surface area contributed by atoms with Crippen LogP contribution in [0.5, 0.6) is 0 Å². The first kappa shape index (κ1) is 29.1. The lowest BCUT2D eigenvalue weighted by Crippen LogP contribution is -2.69. The highest BCUT2D eigenvalue weighted by atomic mass is 16.6. The number of esters is 2. The molecule has 4 fully saturated rings. The van der Waals surface area contributed by atoms with Crippen LogP contribution in [-0.2, 0) is 19.1 Å². The van der Waals surface area contributed by atoms with Gasteiger partial charge in [0, 0.05) is 12.8 Å². The topological polar surface area (TPSA) is 93.1 Å². The average molecular weight is 545 g/mol. The zero-order chi connectivity index (χ0) is 29.0. The molecule has 0 heterocycles. The molecular formula is C33H52O6. The molecule has 2 N–H and O–H groups in total. The van der Waals surface area contributed by atoms with E-state index in [1.807, 2.05) is 6.92 Å². The van der Waals surface area contributed by atoms with Crippen LogP contribution < -0.4 is 0 Å². The maximum absolute atomic E-state index is 13.5. The standard InChI is InChI=1S/C33H52O6/c1-19-12-15-33(27(36)38-9)17-16-30(6)21(25(33)32(19,8)37)10-11-24-29(5)18-22(39-20(2)34)26(35)28(3,4)23(29)13-14-31(24,30)7/h10,19,22-26,35,37H,11-18H2,1-9H3/t19-,22-,23?,24-,25+,26+,29+,30-,31-,32-,33+/m1/s1. The van der Waals surface area contributed by atoms with Crippen LogP contribution in [0.15, 0.2) is 11.6 Å². The Kier molecular flexibility index (Phi) is 6.57. The smallest absolute Gasteiger partial charge is 0.312 e. The molecule has 5 rings (SSSR count). The van der Waals surface area contributed by atoms with E-state index in [4.69, 9.17) is 9.47 Å². The summed E-state index contributed by atoms with van der Waals surface area (Å²) in [4.78, 5) is 25.5. The minimum absolute atomic E-state index is 0.0550. The Bertz CT molecular complexity index is 1080. The fraction of sp³-hybridized carbons (Fsp3) is 0.879. The van der Waals surface area contributed by atoms with E-state index >= 15 is 0 Å². The van der Waals surface area contributed by atoms with Gasteiger partial charge in [-0.1, -0.05) is 53.2 Å². The summed E-state index contributed by atoms with van der Waals surface area (Å²) in [5.41, 5.74) is -1.15. The van der Waals surface area contributed by atoms with Crippen molar-refractivity contribution >= 4 is 11.9 Å². The number of ether oxygens (including phenoxy) is 2. The summed E-state index contributed by atoms with van der Waals surface area (Å²) in [7, 11) is 1.49. The summed E-state index contributed by atoms with van der Waals surface area (Å²) < 4.78 is 11.2. The molecule has 0 aliphatic heterocycles. The molecule has 0 amide bonds. The Morgan fingerprint density at radius 3 is 2.26 bits per heavy atom. The van der Waals surface area contributed by atoms with Gasteiger partial charge in [-0.2, -0.15) is 0 Å². The van der Waals surface area contributed by atoms with Crippen molar-refractivity contribution in [3.8, 4) is 0 Å². The normalized spacial score (nSPS) is 52.2. The van der Waals surface area contributed by atoms with Crippen molar-refractivity contribution in [2.75, 3.05) is 7.11 Å². The molecular weight excluding hydrogens is 492 g/mol. The van der Waals surface area contributed by atoms with Crippen LogP contribution in [0, 0.1) is 50.7 Å². The molecule has 0 spiro atoms. The highest BCUT2D eigenvalue weighted by molar-refractivity contribution is 5.79. The van der Waals surface area contributed by atoms with Crippen molar-refractivity contribution in [2.45, 2.75) is 125 Å². The fourth-order valence-corrected chi connectivity index (χ4v) is 11.5. The van der Waals surface area contributed by atoms with E-state index in [2.05, 4.69) is 47.6 Å². The minimum atomic E-state index is -0.998. The zero-order valence-electron chi connectivity index (χ0n) is 25.7. The van der Waals surface area contributed by atoms with E-state index in [9.17, 15) is 19.8 Å². The van der Waals surface area contributed by atoms with Crippen LogP contribution >= 0.6 is 0 Å². The molecule has 6 nitrogen and oxygen atoms in total. The highest BCUT2D eigenvalue weighted by Gasteiger charge is 2.72. The molecule has 1 unspecified atom stereocenters. The Labute approximate surface area is 235 Å². The van der Waals surface area contributed by atoms with E-state index in [-0.39, 0.29) is 45.4 Å².